The number of hydrogen-bond acceptors (Lipinski definition) is 8. The summed E-state index contributed by atoms with van der Waals surface area (Å²) in [5, 5.41) is 16.0. The quantitative estimate of drug-likeness (QED) is 0.633. The monoisotopic (exact) mass is 381 g/mol. The summed E-state index contributed by atoms with van der Waals surface area (Å²) < 4.78 is 6.18. The smallest absolute Gasteiger partial charge is 0.321 e. The zero-order valence-electron chi connectivity index (χ0n) is 14.0. The van der Waals surface area contributed by atoms with E-state index in [1.165, 1.54) is 30.1 Å². The van der Waals surface area contributed by atoms with Crippen LogP contribution in [-0.2, 0) is 4.79 Å². The number of amides is 3. The summed E-state index contributed by atoms with van der Waals surface area (Å²) in [5.74, 6) is 0.337. The van der Waals surface area contributed by atoms with E-state index in [-0.39, 0.29) is 0 Å². The number of urea groups is 1. The highest BCUT2D eigenvalue weighted by molar-refractivity contribution is 8.02. The van der Waals surface area contributed by atoms with Crippen LogP contribution in [0.5, 0.6) is 5.75 Å². The Kier molecular flexibility index (Phi) is 7.02. The molecule has 0 bridgehead atoms. The van der Waals surface area contributed by atoms with Crippen molar-refractivity contribution in [3.8, 4) is 5.75 Å². The molecule has 10 heteroatoms. The van der Waals surface area contributed by atoms with Crippen LogP contribution in [0.1, 0.15) is 13.8 Å². The number of rotatable bonds is 7. The van der Waals surface area contributed by atoms with E-state index in [1.54, 1.807) is 6.92 Å². The van der Waals surface area contributed by atoms with Crippen LogP contribution in [0.2, 0.25) is 0 Å². The number of nitrogens with one attached hydrogen (secondary N) is 3. The van der Waals surface area contributed by atoms with E-state index in [1.807, 2.05) is 31.2 Å². The van der Waals surface area contributed by atoms with Gasteiger partial charge in [0.2, 0.25) is 11.0 Å². The molecule has 3 N–H and O–H groups in total. The van der Waals surface area contributed by atoms with Crippen molar-refractivity contribution in [2.75, 3.05) is 19.0 Å². The molecule has 0 fully saturated rings. The highest BCUT2D eigenvalue weighted by atomic mass is 32.2. The van der Waals surface area contributed by atoms with Crippen molar-refractivity contribution >= 4 is 45.9 Å². The number of nitrogens with zero attached hydrogens (tertiary/aromatic N) is 2. The zero-order chi connectivity index (χ0) is 18.2. The predicted octanol–water partition coefficient (Wildman–Crippen LogP) is 2.62. The second-order valence-corrected chi connectivity index (χ2v) is 7.32. The summed E-state index contributed by atoms with van der Waals surface area (Å²) in [7, 11) is 1.45. The number of carbonyl (C=O) groups excluding carboxylic acids is 2. The number of ether oxygens (including phenoxy) is 1. The fourth-order valence-electron chi connectivity index (χ4n) is 1.76. The molecule has 0 saturated carbocycles. The maximum atomic E-state index is 11.9. The fraction of sp³-hybridized carbons (Fsp3) is 0.333. The minimum Gasteiger partial charge on any atom is -0.492 e. The van der Waals surface area contributed by atoms with Gasteiger partial charge in [-0.3, -0.25) is 10.1 Å². The van der Waals surface area contributed by atoms with E-state index < -0.39 is 17.2 Å². The Balaban J connectivity index is 1.98. The number of carbonyl (C=O) groups is 2. The maximum absolute atomic E-state index is 11.9. The molecular formula is C15H19N5O3S2. The van der Waals surface area contributed by atoms with Crippen LogP contribution in [-0.4, -0.2) is 41.0 Å². The van der Waals surface area contributed by atoms with Gasteiger partial charge in [0.15, 0.2) is 4.34 Å². The summed E-state index contributed by atoms with van der Waals surface area (Å²) in [5.41, 5.74) is 0.794. The number of hydrogen-bond donors (Lipinski definition) is 3. The second kappa shape index (κ2) is 9.23. The molecule has 0 radical (unpaired) electrons. The van der Waals surface area contributed by atoms with Crippen LogP contribution in [0.3, 0.4) is 0 Å². The van der Waals surface area contributed by atoms with Gasteiger partial charge in [0, 0.05) is 7.05 Å². The number of thioether (sulfide) groups is 1. The second-order valence-electron chi connectivity index (χ2n) is 4.76. The zero-order valence-corrected chi connectivity index (χ0v) is 15.7. The molecule has 1 heterocycles. The Hall–Kier alpha value is -2.33. The van der Waals surface area contributed by atoms with Crippen molar-refractivity contribution in [3.63, 3.8) is 0 Å². The third kappa shape index (κ3) is 5.61. The minimum absolute atomic E-state index is 0.393. The van der Waals surface area contributed by atoms with Gasteiger partial charge in [0.25, 0.3) is 0 Å². The molecule has 1 aromatic heterocycles. The first-order chi connectivity index (χ1) is 12.0. The molecule has 0 aliphatic carbocycles. The highest BCUT2D eigenvalue weighted by Crippen LogP contribution is 2.33. The van der Waals surface area contributed by atoms with Crippen LogP contribution < -0.4 is 20.7 Å². The fourth-order valence-corrected chi connectivity index (χ4v) is 3.66. The van der Waals surface area contributed by atoms with E-state index in [2.05, 4.69) is 26.1 Å². The lowest BCUT2D eigenvalue weighted by Gasteiger charge is -2.09. The summed E-state index contributed by atoms with van der Waals surface area (Å²) in [6, 6.07) is 7.01. The summed E-state index contributed by atoms with van der Waals surface area (Å²) in [4.78, 5) is 23.0. The van der Waals surface area contributed by atoms with Crippen molar-refractivity contribution in [3.05, 3.63) is 24.3 Å². The molecule has 8 nitrogen and oxygen atoms in total. The van der Waals surface area contributed by atoms with E-state index in [0.717, 1.165) is 11.4 Å². The summed E-state index contributed by atoms with van der Waals surface area (Å²) in [6.45, 7) is 4.18. The number of aromatic nitrogens is 2. The maximum Gasteiger partial charge on any atom is 0.321 e. The van der Waals surface area contributed by atoms with Gasteiger partial charge in [-0.1, -0.05) is 35.2 Å². The molecule has 0 saturated heterocycles. The molecule has 0 unspecified atom stereocenters. The van der Waals surface area contributed by atoms with E-state index >= 15 is 0 Å². The SMILES string of the molecule is CCOc1ccccc1Nc1nnc(S[C@H](C)C(=O)NC(=O)NC)s1. The Morgan fingerprint density at radius 3 is 2.80 bits per heavy atom. The largest absolute Gasteiger partial charge is 0.492 e. The van der Waals surface area contributed by atoms with Gasteiger partial charge in [0.1, 0.15) is 5.75 Å². The molecule has 134 valence electrons. The van der Waals surface area contributed by atoms with Crippen LogP contribution in [0.25, 0.3) is 0 Å². The van der Waals surface area contributed by atoms with E-state index in [9.17, 15) is 9.59 Å². The molecule has 25 heavy (non-hydrogen) atoms. The Morgan fingerprint density at radius 1 is 1.32 bits per heavy atom. The average Bonchev–Trinajstić information content (AvgIpc) is 3.03. The van der Waals surface area contributed by atoms with Crippen molar-refractivity contribution in [2.45, 2.75) is 23.4 Å². The number of anilines is 2. The first-order valence-electron chi connectivity index (χ1n) is 7.55. The molecule has 3 amide bonds. The first-order valence-corrected chi connectivity index (χ1v) is 9.24. The normalized spacial score (nSPS) is 11.5. The molecule has 0 aliphatic rings. The van der Waals surface area contributed by atoms with Crippen LogP contribution in [0.15, 0.2) is 28.6 Å². The Morgan fingerprint density at radius 2 is 2.08 bits per heavy atom. The van der Waals surface area contributed by atoms with Gasteiger partial charge in [-0.05, 0) is 26.0 Å². The van der Waals surface area contributed by atoms with Gasteiger partial charge in [-0.2, -0.15) is 0 Å². The lowest BCUT2D eigenvalue weighted by molar-refractivity contribution is -0.119. The minimum atomic E-state index is -0.537. The lowest BCUT2D eigenvalue weighted by Crippen LogP contribution is -2.41. The molecule has 2 rings (SSSR count). The van der Waals surface area contributed by atoms with Gasteiger partial charge in [-0.25, -0.2) is 4.79 Å². The summed E-state index contributed by atoms with van der Waals surface area (Å²) in [6.07, 6.45) is 0. The average molecular weight is 381 g/mol. The van der Waals surface area contributed by atoms with Gasteiger partial charge in [-0.15, -0.1) is 10.2 Å². The Labute approximate surface area is 153 Å². The lowest BCUT2D eigenvalue weighted by atomic mass is 10.3. The van der Waals surface area contributed by atoms with E-state index in [4.69, 9.17) is 4.74 Å². The topological polar surface area (TPSA) is 105 Å². The number of para-hydroxylation sites is 2. The van der Waals surface area contributed by atoms with Crippen LogP contribution in [0, 0.1) is 0 Å². The van der Waals surface area contributed by atoms with Crippen molar-refractivity contribution in [1.82, 2.24) is 20.8 Å². The van der Waals surface area contributed by atoms with Gasteiger partial charge in [0.05, 0.1) is 17.5 Å². The molecular weight excluding hydrogens is 362 g/mol. The van der Waals surface area contributed by atoms with Crippen molar-refractivity contribution in [1.29, 1.82) is 0 Å². The molecule has 0 spiro atoms. The first kappa shape index (κ1) is 19.0. The van der Waals surface area contributed by atoms with Gasteiger partial charge >= 0.3 is 6.03 Å². The predicted molar refractivity (Wildman–Crippen MR) is 98.7 cm³/mol. The number of imide groups is 1. The summed E-state index contributed by atoms with van der Waals surface area (Å²) >= 11 is 2.55. The molecule has 1 aromatic carbocycles. The van der Waals surface area contributed by atoms with Gasteiger partial charge < -0.3 is 15.4 Å². The standard InChI is InChI=1S/C15H19N5O3S2/c1-4-23-11-8-6-5-7-10(11)17-14-19-20-15(25-14)24-9(2)12(21)18-13(22)16-3/h5-9H,4H2,1-3H3,(H,17,19)(H2,16,18,21,22)/t9-/m1/s1. The molecule has 1 atom stereocenters. The van der Waals surface area contributed by atoms with Crippen LogP contribution in [0.4, 0.5) is 15.6 Å². The number of benzene rings is 1. The Bertz CT molecular complexity index is 737. The van der Waals surface area contributed by atoms with E-state index in [0.29, 0.717) is 16.1 Å². The molecule has 2 aromatic rings. The molecule has 0 aliphatic heterocycles. The van der Waals surface area contributed by atoms with Crippen LogP contribution >= 0.6 is 23.1 Å². The third-order valence-corrected chi connectivity index (χ3v) is 4.97. The highest BCUT2D eigenvalue weighted by Gasteiger charge is 2.19. The van der Waals surface area contributed by atoms with Crippen molar-refractivity contribution < 1.29 is 14.3 Å². The van der Waals surface area contributed by atoms with Crippen molar-refractivity contribution in [2.24, 2.45) is 0 Å². The third-order valence-electron chi connectivity index (χ3n) is 2.95.